The van der Waals surface area contributed by atoms with Gasteiger partial charge in [-0.15, -0.1) is 16.4 Å². The lowest BCUT2D eigenvalue weighted by molar-refractivity contribution is -0.128. The van der Waals surface area contributed by atoms with Crippen LogP contribution in [-0.2, 0) is 4.79 Å². The molecule has 1 atom stereocenters. The van der Waals surface area contributed by atoms with Crippen molar-refractivity contribution in [2.75, 3.05) is 12.8 Å². The molecule has 0 bridgehead atoms. The van der Waals surface area contributed by atoms with Crippen LogP contribution in [0.3, 0.4) is 0 Å². The van der Waals surface area contributed by atoms with Gasteiger partial charge in [-0.25, -0.2) is 9.67 Å². The molecule has 4 rings (SSSR count). The highest BCUT2D eigenvalue weighted by molar-refractivity contribution is 7.99. The first-order valence-corrected chi connectivity index (χ1v) is 11.5. The molecule has 1 aliphatic carbocycles. The first-order valence-electron chi connectivity index (χ1n) is 9.65. The van der Waals surface area contributed by atoms with Crippen molar-refractivity contribution >= 4 is 39.2 Å². The molecule has 0 radical (unpaired) electrons. The number of hydrogen-bond donors (Lipinski definition) is 0. The van der Waals surface area contributed by atoms with E-state index in [-0.39, 0.29) is 11.9 Å². The van der Waals surface area contributed by atoms with Crippen LogP contribution in [-0.4, -0.2) is 48.8 Å². The molecule has 0 N–H and O–H groups in total. The molecule has 2 heterocycles. The predicted octanol–water partition coefficient (Wildman–Crippen LogP) is 4.10. The number of carbonyl (C=O) groups excluding carboxylic acids is 1. The van der Waals surface area contributed by atoms with Crippen LogP contribution in [0, 0.1) is 0 Å². The van der Waals surface area contributed by atoms with Crippen LogP contribution in [0.5, 0.6) is 0 Å². The van der Waals surface area contributed by atoms with Crippen molar-refractivity contribution in [1.29, 1.82) is 0 Å². The number of tetrazole rings is 1. The third kappa shape index (κ3) is 4.05. The first kappa shape index (κ1) is 19.3. The second-order valence-electron chi connectivity index (χ2n) is 7.19. The van der Waals surface area contributed by atoms with Crippen LogP contribution < -0.4 is 0 Å². The van der Waals surface area contributed by atoms with E-state index in [4.69, 9.17) is 0 Å². The van der Waals surface area contributed by atoms with Gasteiger partial charge in [-0.2, -0.15) is 0 Å². The molecule has 1 fully saturated rings. The van der Waals surface area contributed by atoms with Gasteiger partial charge in [0.1, 0.15) is 5.01 Å². The van der Waals surface area contributed by atoms with Crippen molar-refractivity contribution in [2.24, 2.45) is 0 Å². The minimum absolute atomic E-state index is 0.0509. The van der Waals surface area contributed by atoms with Crippen molar-refractivity contribution in [3.05, 3.63) is 29.3 Å². The van der Waals surface area contributed by atoms with Crippen molar-refractivity contribution in [1.82, 2.24) is 30.1 Å². The smallest absolute Gasteiger partial charge is 0.233 e. The van der Waals surface area contributed by atoms with Gasteiger partial charge in [0, 0.05) is 7.05 Å². The molecular formula is C19H24N6OS2. The number of thioether (sulfide) groups is 1. The Morgan fingerprint density at radius 3 is 2.89 bits per heavy atom. The zero-order valence-electron chi connectivity index (χ0n) is 16.1. The maximum atomic E-state index is 12.8. The third-order valence-electron chi connectivity index (χ3n) is 5.35. The van der Waals surface area contributed by atoms with Crippen molar-refractivity contribution in [3.8, 4) is 0 Å². The molecule has 9 heteroatoms. The Balaban J connectivity index is 1.39. The minimum atomic E-state index is -0.0696. The molecular weight excluding hydrogens is 392 g/mol. The van der Waals surface area contributed by atoms with E-state index in [2.05, 4.69) is 26.6 Å². The maximum Gasteiger partial charge on any atom is 0.233 e. The number of para-hydroxylation sites is 1. The summed E-state index contributed by atoms with van der Waals surface area (Å²) in [4.78, 5) is 19.2. The van der Waals surface area contributed by atoms with Crippen LogP contribution in [0.25, 0.3) is 10.2 Å². The van der Waals surface area contributed by atoms with Gasteiger partial charge in [0.05, 0.1) is 28.1 Å². The molecule has 7 nitrogen and oxygen atoms in total. The Morgan fingerprint density at radius 2 is 2.11 bits per heavy atom. The fourth-order valence-corrected chi connectivity index (χ4v) is 5.44. The summed E-state index contributed by atoms with van der Waals surface area (Å²) in [6, 6.07) is 8.35. The number of benzene rings is 1. The SMILES string of the molecule is C[C@@H](c1nc2ccccc2s1)N(C)C(=O)CSc1nnnn1C1CCCCC1. The van der Waals surface area contributed by atoms with E-state index in [1.807, 2.05) is 36.9 Å². The molecule has 1 saturated carbocycles. The number of thiazole rings is 1. The number of aromatic nitrogens is 5. The second-order valence-corrected chi connectivity index (χ2v) is 9.19. The van der Waals surface area contributed by atoms with Gasteiger partial charge >= 0.3 is 0 Å². The Labute approximate surface area is 172 Å². The van der Waals surface area contributed by atoms with Crippen LogP contribution in [0.2, 0.25) is 0 Å². The fourth-order valence-electron chi connectivity index (χ4n) is 3.51. The number of rotatable bonds is 6. The summed E-state index contributed by atoms with van der Waals surface area (Å²) in [5.74, 6) is 0.369. The van der Waals surface area contributed by atoms with Crippen molar-refractivity contribution in [3.63, 3.8) is 0 Å². The van der Waals surface area contributed by atoms with E-state index >= 15 is 0 Å². The van der Waals surface area contributed by atoms with Gasteiger partial charge in [-0.3, -0.25) is 4.79 Å². The maximum absolute atomic E-state index is 12.8. The average Bonchev–Trinajstić information content (AvgIpc) is 3.38. The van der Waals surface area contributed by atoms with Crippen LogP contribution in [0.15, 0.2) is 29.4 Å². The highest BCUT2D eigenvalue weighted by Gasteiger charge is 2.24. The van der Waals surface area contributed by atoms with E-state index in [1.165, 1.54) is 31.0 Å². The molecule has 1 aliphatic rings. The topological polar surface area (TPSA) is 76.8 Å². The van der Waals surface area contributed by atoms with Gasteiger partial charge in [0.2, 0.25) is 11.1 Å². The average molecular weight is 417 g/mol. The van der Waals surface area contributed by atoms with Crippen LogP contribution in [0.4, 0.5) is 0 Å². The van der Waals surface area contributed by atoms with Gasteiger partial charge in [0.15, 0.2) is 0 Å². The molecule has 1 aromatic carbocycles. The highest BCUT2D eigenvalue weighted by Crippen LogP contribution is 2.31. The highest BCUT2D eigenvalue weighted by atomic mass is 32.2. The predicted molar refractivity (Wildman–Crippen MR) is 111 cm³/mol. The summed E-state index contributed by atoms with van der Waals surface area (Å²) in [5.41, 5.74) is 0.983. The third-order valence-corrected chi connectivity index (χ3v) is 7.47. The summed E-state index contributed by atoms with van der Waals surface area (Å²) in [7, 11) is 1.84. The number of amides is 1. The largest absolute Gasteiger partial charge is 0.336 e. The molecule has 1 amide bonds. The number of carbonyl (C=O) groups is 1. The summed E-state index contributed by atoms with van der Waals surface area (Å²) < 4.78 is 3.06. The number of hydrogen-bond acceptors (Lipinski definition) is 7. The van der Waals surface area contributed by atoms with E-state index in [0.29, 0.717) is 11.8 Å². The van der Waals surface area contributed by atoms with Crippen LogP contribution >= 0.6 is 23.1 Å². The van der Waals surface area contributed by atoms with Gasteiger partial charge in [-0.1, -0.05) is 43.2 Å². The quantitative estimate of drug-likeness (QED) is 0.563. The standard InChI is InChI=1S/C19H24N6OS2/c1-13(18-20-15-10-6-7-11-16(15)28-18)24(2)17(26)12-27-19-21-22-23-25(19)14-8-4-3-5-9-14/h6-7,10-11,13-14H,3-5,8-9,12H2,1-2H3/t13-/m0/s1. The van der Waals surface area contributed by atoms with Gasteiger partial charge < -0.3 is 4.90 Å². The monoisotopic (exact) mass is 416 g/mol. The summed E-state index contributed by atoms with van der Waals surface area (Å²) in [6.07, 6.45) is 5.95. The lowest BCUT2D eigenvalue weighted by atomic mass is 9.96. The minimum Gasteiger partial charge on any atom is -0.336 e. The van der Waals surface area contributed by atoms with Gasteiger partial charge in [0.25, 0.3) is 0 Å². The molecule has 0 aliphatic heterocycles. The van der Waals surface area contributed by atoms with E-state index in [0.717, 1.165) is 33.2 Å². The molecule has 148 valence electrons. The Kier molecular flexibility index (Phi) is 5.91. The van der Waals surface area contributed by atoms with E-state index < -0.39 is 0 Å². The molecule has 0 unspecified atom stereocenters. The Hall–Kier alpha value is -2.00. The van der Waals surface area contributed by atoms with E-state index in [9.17, 15) is 4.79 Å². The summed E-state index contributed by atoms with van der Waals surface area (Å²) >= 11 is 3.06. The summed E-state index contributed by atoms with van der Waals surface area (Å²) in [6.45, 7) is 2.02. The fraction of sp³-hybridized carbons (Fsp3) is 0.526. The normalized spacial score (nSPS) is 16.4. The number of fused-ring (bicyclic) bond motifs is 1. The zero-order valence-corrected chi connectivity index (χ0v) is 17.7. The van der Waals surface area contributed by atoms with E-state index in [1.54, 1.807) is 16.2 Å². The second kappa shape index (κ2) is 8.57. The molecule has 3 aromatic rings. The zero-order chi connectivity index (χ0) is 19.5. The lowest BCUT2D eigenvalue weighted by Gasteiger charge is -2.24. The molecule has 0 spiro atoms. The van der Waals surface area contributed by atoms with Crippen LogP contribution in [0.1, 0.15) is 56.1 Å². The van der Waals surface area contributed by atoms with Crippen molar-refractivity contribution in [2.45, 2.75) is 56.3 Å². The first-order chi connectivity index (χ1) is 13.6. The molecule has 2 aromatic heterocycles. The summed E-state index contributed by atoms with van der Waals surface area (Å²) in [5, 5.41) is 13.8. The Bertz CT molecular complexity index is 916. The lowest BCUT2D eigenvalue weighted by Crippen LogP contribution is -2.31. The Morgan fingerprint density at radius 1 is 1.32 bits per heavy atom. The molecule has 0 saturated heterocycles. The van der Waals surface area contributed by atoms with Gasteiger partial charge in [-0.05, 0) is 42.3 Å². The van der Waals surface area contributed by atoms with Crippen molar-refractivity contribution < 1.29 is 4.79 Å². The molecule has 28 heavy (non-hydrogen) atoms. The number of nitrogens with zero attached hydrogens (tertiary/aromatic N) is 6.